The van der Waals surface area contributed by atoms with Crippen LogP contribution >= 0.6 is 11.8 Å². The molecule has 6 nitrogen and oxygen atoms in total. The predicted molar refractivity (Wildman–Crippen MR) is 84.9 cm³/mol. The normalized spacial score (nSPS) is 22.9. The van der Waals surface area contributed by atoms with Gasteiger partial charge in [-0.05, 0) is 24.3 Å². The maximum atomic E-state index is 10.4. The Morgan fingerprint density at radius 3 is 2.86 bits per heavy atom. The third-order valence-corrected chi connectivity index (χ3v) is 4.85. The van der Waals surface area contributed by atoms with Crippen LogP contribution in [0.1, 0.15) is 33.0 Å². The first-order chi connectivity index (χ1) is 9.87. The van der Waals surface area contributed by atoms with Crippen LogP contribution in [0.15, 0.2) is 12.1 Å². The van der Waals surface area contributed by atoms with Crippen molar-refractivity contribution in [1.29, 1.82) is 0 Å². The zero-order valence-corrected chi connectivity index (χ0v) is 13.4. The van der Waals surface area contributed by atoms with Gasteiger partial charge in [-0.2, -0.15) is 16.3 Å². The SMILES string of the molecule is CC(C)(C)c1nnc2ccc(NCC3(O)CCSC3)nn12. The van der Waals surface area contributed by atoms with Gasteiger partial charge in [0.15, 0.2) is 11.5 Å². The lowest BCUT2D eigenvalue weighted by Gasteiger charge is -2.22. The second kappa shape index (κ2) is 5.14. The first kappa shape index (κ1) is 14.6. The third kappa shape index (κ3) is 2.98. The monoisotopic (exact) mass is 307 g/mol. The van der Waals surface area contributed by atoms with Gasteiger partial charge in [0.25, 0.3) is 0 Å². The van der Waals surface area contributed by atoms with E-state index in [0.29, 0.717) is 6.54 Å². The molecule has 0 aliphatic carbocycles. The standard InChI is InChI=1S/C14H21N5OS/c1-13(2,3)12-17-16-11-5-4-10(18-19(11)12)15-8-14(20)6-7-21-9-14/h4-5,20H,6-9H2,1-3H3,(H,15,18). The molecule has 0 saturated carbocycles. The van der Waals surface area contributed by atoms with Crippen molar-refractivity contribution in [2.45, 2.75) is 38.2 Å². The van der Waals surface area contributed by atoms with Gasteiger partial charge in [0.1, 0.15) is 5.82 Å². The number of rotatable bonds is 3. The number of thioether (sulfide) groups is 1. The molecule has 2 aromatic heterocycles. The second-order valence-corrected chi connectivity index (χ2v) is 7.75. The van der Waals surface area contributed by atoms with Gasteiger partial charge >= 0.3 is 0 Å². The number of aromatic nitrogens is 4. The van der Waals surface area contributed by atoms with Gasteiger partial charge in [-0.25, -0.2) is 0 Å². The Labute approximate surface area is 128 Å². The molecular weight excluding hydrogens is 286 g/mol. The minimum Gasteiger partial charge on any atom is -0.387 e. The zero-order valence-electron chi connectivity index (χ0n) is 12.6. The van der Waals surface area contributed by atoms with Crippen molar-refractivity contribution in [2.24, 2.45) is 0 Å². The highest BCUT2D eigenvalue weighted by Crippen LogP contribution is 2.28. The van der Waals surface area contributed by atoms with Crippen LogP contribution in [0.3, 0.4) is 0 Å². The van der Waals surface area contributed by atoms with Crippen molar-refractivity contribution in [3.63, 3.8) is 0 Å². The van der Waals surface area contributed by atoms with Crippen molar-refractivity contribution in [1.82, 2.24) is 19.8 Å². The minimum atomic E-state index is -0.624. The molecule has 0 aromatic carbocycles. The summed E-state index contributed by atoms with van der Waals surface area (Å²) in [6.45, 7) is 6.78. The molecule has 2 N–H and O–H groups in total. The Bertz CT molecular complexity index is 642. The molecule has 114 valence electrons. The smallest absolute Gasteiger partial charge is 0.178 e. The van der Waals surface area contributed by atoms with Gasteiger partial charge in [-0.3, -0.25) is 0 Å². The molecule has 3 rings (SSSR count). The third-order valence-electron chi connectivity index (χ3n) is 3.61. The van der Waals surface area contributed by atoms with E-state index in [1.165, 1.54) is 0 Å². The summed E-state index contributed by atoms with van der Waals surface area (Å²) in [7, 11) is 0. The lowest BCUT2D eigenvalue weighted by molar-refractivity contribution is 0.0819. The Hall–Kier alpha value is -1.34. The summed E-state index contributed by atoms with van der Waals surface area (Å²) in [5.41, 5.74) is -0.00670. The highest BCUT2D eigenvalue weighted by atomic mass is 32.2. The van der Waals surface area contributed by atoms with E-state index >= 15 is 0 Å². The number of hydrogen-bond acceptors (Lipinski definition) is 6. The van der Waals surface area contributed by atoms with Crippen LogP contribution in [0.4, 0.5) is 5.82 Å². The first-order valence-electron chi connectivity index (χ1n) is 7.14. The van der Waals surface area contributed by atoms with Gasteiger partial charge in [-0.1, -0.05) is 20.8 Å². The largest absolute Gasteiger partial charge is 0.387 e. The van der Waals surface area contributed by atoms with Gasteiger partial charge in [0.2, 0.25) is 0 Å². The molecule has 7 heteroatoms. The van der Waals surface area contributed by atoms with Crippen molar-refractivity contribution < 1.29 is 5.11 Å². The average Bonchev–Trinajstić information content (AvgIpc) is 3.02. The molecule has 3 heterocycles. The quantitative estimate of drug-likeness (QED) is 0.899. The molecule has 0 radical (unpaired) electrons. The molecular formula is C14H21N5OS. The topological polar surface area (TPSA) is 75.3 Å². The molecule has 2 aromatic rings. The number of aliphatic hydroxyl groups is 1. The lowest BCUT2D eigenvalue weighted by atomic mass is 9.96. The van der Waals surface area contributed by atoms with E-state index in [0.717, 1.165) is 35.2 Å². The first-order valence-corrected chi connectivity index (χ1v) is 8.30. The Balaban J connectivity index is 1.83. The fourth-order valence-corrected chi connectivity index (χ4v) is 3.64. The van der Waals surface area contributed by atoms with E-state index in [-0.39, 0.29) is 5.41 Å². The van der Waals surface area contributed by atoms with Gasteiger partial charge < -0.3 is 10.4 Å². The summed E-state index contributed by atoms with van der Waals surface area (Å²) in [6, 6.07) is 3.77. The van der Waals surface area contributed by atoms with Crippen LogP contribution in [-0.4, -0.2) is 48.6 Å². The molecule has 1 saturated heterocycles. The number of hydrogen-bond donors (Lipinski definition) is 2. The fraction of sp³-hybridized carbons (Fsp3) is 0.643. The lowest BCUT2D eigenvalue weighted by Crippen LogP contribution is -2.36. The van der Waals surface area contributed by atoms with Crippen LogP contribution in [0, 0.1) is 0 Å². The minimum absolute atomic E-state index is 0.120. The highest BCUT2D eigenvalue weighted by molar-refractivity contribution is 7.99. The summed E-state index contributed by atoms with van der Waals surface area (Å²) >= 11 is 1.79. The summed E-state index contributed by atoms with van der Waals surface area (Å²) in [5.74, 6) is 3.36. The molecule has 0 spiro atoms. The van der Waals surface area contributed by atoms with E-state index in [9.17, 15) is 5.11 Å². The Morgan fingerprint density at radius 1 is 1.38 bits per heavy atom. The summed E-state index contributed by atoms with van der Waals surface area (Å²) < 4.78 is 1.77. The average molecular weight is 307 g/mol. The van der Waals surface area contributed by atoms with Crippen LogP contribution in [0.5, 0.6) is 0 Å². The van der Waals surface area contributed by atoms with Crippen molar-refractivity contribution in [3.05, 3.63) is 18.0 Å². The molecule has 1 unspecified atom stereocenters. The van der Waals surface area contributed by atoms with Gasteiger partial charge in [-0.15, -0.1) is 15.3 Å². The number of nitrogens with zero attached hydrogens (tertiary/aromatic N) is 4. The van der Waals surface area contributed by atoms with Crippen molar-refractivity contribution in [3.8, 4) is 0 Å². The number of nitrogens with one attached hydrogen (secondary N) is 1. The van der Waals surface area contributed by atoms with Crippen LogP contribution in [0.25, 0.3) is 5.65 Å². The van der Waals surface area contributed by atoms with Crippen LogP contribution < -0.4 is 5.32 Å². The van der Waals surface area contributed by atoms with Crippen LogP contribution in [0.2, 0.25) is 0 Å². The molecule has 1 atom stereocenters. The van der Waals surface area contributed by atoms with E-state index in [2.05, 4.69) is 41.4 Å². The zero-order chi connectivity index (χ0) is 15.1. The summed E-state index contributed by atoms with van der Waals surface area (Å²) in [6.07, 6.45) is 0.826. The van der Waals surface area contributed by atoms with Crippen molar-refractivity contribution in [2.75, 3.05) is 23.4 Å². The number of fused-ring (bicyclic) bond motifs is 1. The molecule has 0 bridgehead atoms. The Morgan fingerprint density at radius 2 is 2.19 bits per heavy atom. The van der Waals surface area contributed by atoms with E-state index in [4.69, 9.17) is 0 Å². The fourth-order valence-electron chi connectivity index (χ4n) is 2.34. The van der Waals surface area contributed by atoms with E-state index < -0.39 is 5.60 Å². The Kier molecular flexibility index (Phi) is 3.57. The molecule has 1 aliphatic heterocycles. The molecule has 1 fully saturated rings. The van der Waals surface area contributed by atoms with Crippen LogP contribution in [-0.2, 0) is 5.41 Å². The molecule has 0 amide bonds. The van der Waals surface area contributed by atoms with E-state index in [1.807, 2.05) is 12.1 Å². The summed E-state index contributed by atoms with van der Waals surface area (Å²) in [5, 5.41) is 26.5. The predicted octanol–water partition coefficient (Wildman–Crippen LogP) is 1.70. The van der Waals surface area contributed by atoms with Gasteiger partial charge in [0.05, 0.1) is 5.60 Å². The van der Waals surface area contributed by atoms with Crippen molar-refractivity contribution >= 4 is 23.2 Å². The number of anilines is 1. The molecule has 21 heavy (non-hydrogen) atoms. The second-order valence-electron chi connectivity index (χ2n) is 6.64. The maximum absolute atomic E-state index is 10.4. The molecule has 1 aliphatic rings. The van der Waals surface area contributed by atoms with Gasteiger partial charge in [0, 0.05) is 17.7 Å². The maximum Gasteiger partial charge on any atom is 0.178 e. The summed E-state index contributed by atoms with van der Waals surface area (Å²) in [4.78, 5) is 0. The highest BCUT2D eigenvalue weighted by Gasteiger charge is 2.31. The van der Waals surface area contributed by atoms with E-state index in [1.54, 1.807) is 16.3 Å².